The maximum atomic E-state index is 10.8. The largest absolute Gasteiger partial charge is 0.324 e. The van der Waals surface area contributed by atoms with Crippen LogP contribution in [0.3, 0.4) is 0 Å². The van der Waals surface area contributed by atoms with Gasteiger partial charge in [-0.2, -0.15) is 0 Å². The summed E-state index contributed by atoms with van der Waals surface area (Å²) in [5.41, 5.74) is 0.876. The number of rotatable bonds is 0. The predicted octanol–water partition coefficient (Wildman–Crippen LogP) is 1.77. The number of nitrogens with one attached hydrogen (secondary N) is 1. The Balaban J connectivity index is 2.41. The normalized spacial score (nSPS) is 15.5. The van der Waals surface area contributed by atoms with Gasteiger partial charge < -0.3 is 5.32 Å². The molecule has 1 heterocycles. The van der Waals surface area contributed by atoms with Crippen LogP contribution in [0.4, 0.5) is 5.69 Å². The molecule has 1 aliphatic heterocycles. The molecular weight excluding hydrogens is 158 g/mol. The molecule has 1 aromatic rings. The number of anilines is 1. The SMILES string of the molecule is O=C1[C]Sc2ccccc2N1. The second-order valence-corrected chi connectivity index (χ2v) is 3.00. The van der Waals surface area contributed by atoms with Crippen molar-refractivity contribution in [2.75, 3.05) is 5.32 Å². The first kappa shape index (κ1) is 6.73. The highest BCUT2D eigenvalue weighted by molar-refractivity contribution is 8.02. The minimum atomic E-state index is -0.159. The fourth-order valence-electron chi connectivity index (χ4n) is 0.908. The summed E-state index contributed by atoms with van der Waals surface area (Å²) in [5.74, 6) is 2.45. The fraction of sp³-hybridized carbons (Fsp3) is 0. The molecule has 1 amide bonds. The van der Waals surface area contributed by atoms with E-state index in [0.29, 0.717) is 0 Å². The number of carbonyl (C=O) groups excluding carboxylic acids is 1. The molecule has 0 atom stereocenters. The van der Waals surface area contributed by atoms with Gasteiger partial charge in [-0.25, -0.2) is 0 Å². The van der Waals surface area contributed by atoms with Crippen LogP contribution in [0.5, 0.6) is 0 Å². The first-order valence-electron chi connectivity index (χ1n) is 3.19. The molecule has 1 N–H and O–H groups in total. The number of benzene rings is 1. The van der Waals surface area contributed by atoms with Crippen LogP contribution in [0.1, 0.15) is 0 Å². The molecule has 11 heavy (non-hydrogen) atoms. The van der Waals surface area contributed by atoms with Gasteiger partial charge in [-0.1, -0.05) is 12.1 Å². The molecule has 0 unspecified atom stereocenters. The van der Waals surface area contributed by atoms with E-state index in [1.807, 2.05) is 24.3 Å². The number of hydrogen-bond donors (Lipinski definition) is 1. The van der Waals surface area contributed by atoms with Gasteiger partial charge in [-0.3, -0.25) is 4.79 Å². The minimum absolute atomic E-state index is 0.159. The first-order valence-corrected chi connectivity index (χ1v) is 4.01. The molecule has 0 saturated carbocycles. The molecule has 1 aromatic carbocycles. The van der Waals surface area contributed by atoms with Gasteiger partial charge in [0.05, 0.1) is 5.69 Å². The van der Waals surface area contributed by atoms with E-state index in [1.54, 1.807) is 0 Å². The van der Waals surface area contributed by atoms with E-state index in [0.717, 1.165) is 10.6 Å². The lowest BCUT2D eigenvalue weighted by molar-refractivity contribution is -0.112. The Morgan fingerprint density at radius 2 is 2.18 bits per heavy atom. The number of thioether (sulfide) groups is 1. The van der Waals surface area contributed by atoms with Crippen LogP contribution in [0.25, 0.3) is 0 Å². The monoisotopic (exact) mass is 163 g/mol. The number of fused-ring (bicyclic) bond motifs is 1. The van der Waals surface area contributed by atoms with Crippen molar-refractivity contribution >= 4 is 23.4 Å². The third-order valence-corrected chi connectivity index (χ3v) is 2.25. The highest BCUT2D eigenvalue weighted by atomic mass is 32.2. The zero-order chi connectivity index (χ0) is 7.68. The van der Waals surface area contributed by atoms with E-state index < -0.39 is 0 Å². The highest BCUT2D eigenvalue weighted by Gasteiger charge is 2.14. The molecule has 54 valence electrons. The number of hydrogen-bond acceptors (Lipinski definition) is 2. The lowest BCUT2D eigenvalue weighted by Gasteiger charge is -2.13. The van der Waals surface area contributed by atoms with Crippen molar-refractivity contribution in [3.63, 3.8) is 0 Å². The summed E-state index contributed by atoms with van der Waals surface area (Å²) in [6.45, 7) is 0. The minimum Gasteiger partial charge on any atom is -0.324 e. The zero-order valence-electron chi connectivity index (χ0n) is 5.63. The van der Waals surface area contributed by atoms with Crippen LogP contribution in [-0.4, -0.2) is 5.91 Å². The summed E-state index contributed by atoms with van der Waals surface area (Å²) in [7, 11) is 0. The molecule has 2 rings (SSSR count). The molecule has 2 radical (unpaired) electrons. The maximum Gasteiger partial charge on any atom is 0.245 e. The van der Waals surface area contributed by atoms with Crippen LogP contribution in [0, 0.1) is 5.75 Å². The Bertz CT molecular complexity index is 298. The predicted molar refractivity (Wildman–Crippen MR) is 44.2 cm³/mol. The quantitative estimate of drug-likeness (QED) is 0.631. The van der Waals surface area contributed by atoms with Gasteiger partial charge in [0.15, 0.2) is 5.75 Å². The van der Waals surface area contributed by atoms with Gasteiger partial charge in [0.1, 0.15) is 0 Å². The Morgan fingerprint density at radius 3 is 3.09 bits per heavy atom. The van der Waals surface area contributed by atoms with Crippen molar-refractivity contribution in [1.82, 2.24) is 0 Å². The van der Waals surface area contributed by atoms with Gasteiger partial charge in [0.25, 0.3) is 0 Å². The van der Waals surface area contributed by atoms with Gasteiger partial charge in [0.2, 0.25) is 5.91 Å². The Labute approximate surface area is 69.0 Å². The zero-order valence-corrected chi connectivity index (χ0v) is 6.44. The third-order valence-electron chi connectivity index (χ3n) is 1.39. The van der Waals surface area contributed by atoms with Crippen molar-refractivity contribution in [1.29, 1.82) is 0 Å². The standard InChI is InChI=1S/C8H5NOS/c10-8-5-11-7-4-2-1-3-6(7)9-8/h1-4H,(H,9,10). The first-order chi connectivity index (χ1) is 5.36. The fourth-order valence-corrected chi connectivity index (χ4v) is 1.54. The average molecular weight is 163 g/mol. The Morgan fingerprint density at radius 1 is 1.36 bits per heavy atom. The Kier molecular flexibility index (Phi) is 1.58. The van der Waals surface area contributed by atoms with E-state index in [1.165, 1.54) is 11.8 Å². The van der Waals surface area contributed by atoms with E-state index in [4.69, 9.17) is 0 Å². The van der Waals surface area contributed by atoms with Crippen LogP contribution in [0.15, 0.2) is 29.2 Å². The summed E-state index contributed by atoms with van der Waals surface area (Å²) in [4.78, 5) is 11.8. The van der Waals surface area contributed by atoms with E-state index in [9.17, 15) is 4.79 Å². The number of amides is 1. The molecule has 1 aliphatic rings. The topological polar surface area (TPSA) is 29.1 Å². The molecule has 0 fully saturated rings. The summed E-state index contributed by atoms with van der Waals surface area (Å²) >= 11 is 1.33. The van der Waals surface area contributed by atoms with Gasteiger partial charge in [-0.15, -0.1) is 11.8 Å². The molecule has 3 heteroatoms. The van der Waals surface area contributed by atoms with Crippen LogP contribution < -0.4 is 5.32 Å². The molecule has 2 nitrogen and oxygen atoms in total. The average Bonchev–Trinajstić information content (AvgIpc) is 2.04. The van der Waals surface area contributed by atoms with E-state index in [2.05, 4.69) is 11.1 Å². The van der Waals surface area contributed by atoms with Gasteiger partial charge >= 0.3 is 0 Å². The van der Waals surface area contributed by atoms with Crippen LogP contribution >= 0.6 is 11.8 Å². The summed E-state index contributed by atoms with van der Waals surface area (Å²) in [6, 6.07) is 7.66. The summed E-state index contributed by atoms with van der Waals surface area (Å²) < 4.78 is 0. The molecule has 0 aliphatic carbocycles. The van der Waals surface area contributed by atoms with Crippen molar-refractivity contribution in [3.05, 3.63) is 30.0 Å². The molecule has 0 saturated heterocycles. The summed E-state index contributed by atoms with van der Waals surface area (Å²) in [6.07, 6.45) is 0. The van der Waals surface area contributed by atoms with Crippen molar-refractivity contribution in [3.8, 4) is 0 Å². The number of para-hydroxylation sites is 1. The highest BCUT2D eigenvalue weighted by Crippen LogP contribution is 2.32. The molecule has 0 bridgehead atoms. The lowest BCUT2D eigenvalue weighted by atomic mass is 10.3. The number of carbonyl (C=O) groups is 1. The molecular formula is C8H5NOS. The van der Waals surface area contributed by atoms with Crippen molar-refractivity contribution < 1.29 is 4.79 Å². The molecule has 0 spiro atoms. The van der Waals surface area contributed by atoms with Crippen LogP contribution in [0.2, 0.25) is 0 Å². The third kappa shape index (κ3) is 1.24. The van der Waals surface area contributed by atoms with Gasteiger partial charge in [0, 0.05) is 4.90 Å². The second kappa shape index (κ2) is 2.58. The van der Waals surface area contributed by atoms with Crippen LogP contribution in [-0.2, 0) is 4.79 Å². The Hall–Kier alpha value is -0.960. The van der Waals surface area contributed by atoms with E-state index in [-0.39, 0.29) is 5.91 Å². The summed E-state index contributed by atoms with van der Waals surface area (Å²) in [5, 5.41) is 2.69. The second-order valence-electron chi connectivity index (χ2n) is 2.15. The van der Waals surface area contributed by atoms with Crippen molar-refractivity contribution in [2.24, 2.45) is 0 Å². The lowest BCUT2D eigenvalue weighted by Crippen LogP contribution is -2.14. The van der Waals surface area contributed by atoms with E-state index >= 15 is 0 Å². The smallest absolute Gasteiger partial charge is 0.245 e. The molecule has 0 aromatic heterocycles. The van der Waals surface area contributed by atoms with Gasteiger partial charge in [-0.05, 0) is 12.1 Å². The maximum absolute atomic E-state index is 10.8. The van der Waals surface area contributed by atoms with Crippen molar-refractivity contribution in [2.45, 2.75) is 4.90 Å².